The number of aromatic nitrogens is 2. The lowest BCUT2D eigenvalue weighted by atomic mass is 10.2. The number of hydrogen-bond donors (Lipinski definition) is 2. The lowest BCUT2D eigenvalue weighted by Gasteiger charge is -2.04. The minimum Gasteiger partial charge on any atom is -0.408 e. The lowest BCUT2D eigenvalue weighted by Crippen LogP contribution is -1.98. The summed E-state index contributed by atoms with van der Waals surface area (Å²) in [6.45, 7) is 0.744. The minimum atomic E-state index is -0.426. The van der Waals surface area contributed by atoms with Crippen molar-refractivity contribution in [1.82, 2.24) is 9.55 Å². The smallest absolute Gasteiger partial charge is 0.408 e. The van der Waals surface area contributed by atoms with Gasteiger partial charge in [0.2, 0.25) is 0 Å². The Balaban J connectivity index is 1.80. The molecule has 5 heteroatoms. The second kappa shape index (κ2) is 4.10. The molecule has 0 fully saturated rings. The normalized spacial score (nSPS) is 10.9. The first-order chi connectivity index (χ1) is 8.70. The van der Waals surface area contributed by atoms with Crippen molar-refractivity contribution < 1.29 is 4.42 Å². The number of nitrogens with one attached hydrogen (secondary N) is 2. The summed E-state index contributed by atoms with van der Waals surface area (Å²) in [5.74, 6) is -0.426. The molecule has 18 heavy (non-hydrogen) atoms. The average Bonchev–Trinajstić information content (AvgIpc) is 2.90. The van der Waals surface area contributed by atoms with E-state index >= 15 is 0 Å². The molecule has 92 valence electrons. The van der Waals surface area contributed by atoms with Crippen LogP contribution in [0, 0.1) is 0 Å². The van der Waals surface area contributed by atoms with E-state index in [9.17, 15) is 4.79 Å². The molecule has 0 bridgehead atoms. The van der Waals surface area contributed by atoms with E-state index in [-0.39, 0.29) is 0 Å². The number of H-pyrrole nitrogens is 1. The molecule has 0 spiro atoms. The second-order valence-corrected chi connectivity index (χ2v) is 4.26. The minimum absolute atomic E-state index is 0.426. The number of fused-ring (bicyclic) bond motifs is 1. The molecule has 0 atom stereocenters. The predicted molar refractivity (Wildman–Crippen MR) is 69.6 cm³/mol. The quantitative estimate of drug-likeness (QED) is 0.740. The third-order valence-electron chi connectivity index (χ3n) is 2.81. The number of rotatable bonds is 3. The summed E-state index contributed by atoms with van der Waals surface area (Å²) in [7, 11) is 1.99. The van der Waals surface area contributed by atoms with E-state index in [1.807, 2.05) is 29.9 Å². The highest BCUT2D eigenvalue weighted by Crippen LogP contribution is 2.16. The number of aryl methyl sites for hydroxylation is 1. The number of aromatic amines is 1. The van der Waals surface area contributed by atoms with Gasteiger partial charge in [-0.3, -0.25) is 4.98 Å². The fourth-order valence-corrected chi connectivity index (χ4v) is 1.93. The maximum absolute atomic E-state index is 11.0. The van der Waals surface area contributed by atoms with Crippen LogP contribution in [0.15, 0.2) is 45.9 Å². The zero-order valence-corrected chi connectivity index (χ0v) is 9.93. The Hall–Kier alpha value is -2.43. The molecule has 5 nitrogen and oxygen atoms in total. The number of benzene rings is 1. The molecule has 0 unspecified atom stereocenters. The number of hydrogen-bond acceptors (Lipinski definition) is 3. The zero-order valence-electron chi connectivity index (χ0n) is 9.93. The Morgan fingerprint density at radius 2 is 2.28 bits per heavy atom. The van der Waals surface area contributed by atoms with Crippen molar-refractivity contribution in [2.24, 2.45) is 7.05 Å². The predicted octanol–water partition coefficient (Wildman–Crippen LogP) is 2.07. The standard InChI is InChI=1S/C13H13N3O2/c1-16-5-4-9(8-16)7-14-10-2-3-12-11(6-10)15-13(17)18-12/h2-6,8,14H,7H2,1H3,(H,15,17). The van der Waals surface area contributed by atoms with E-state index in [2.05, 4.69) is 22.6 Å². The average molecular weight is 243 g/mol. The van der Waals surface area contributed by atoms with Gasteiger partial charge < -0.3 is 14.3 Å². The maximum atomic E-state index is 11.0. The summed E-state index contributed by atoms with van der Waals surface area (Å²) in [6.07, 6.45) is 4.07. The fourth-order valence-electron chi connectivity index (χ4n) is 1.93. The molecule has 0 amide bonds. The Morgan fingerprint density at radius 3 is 3.06 bits per heavy atom. The van der Waals surface area contributed by atoms with Gasteiger partial charge in [-0.2, -0.15) is 0 Å². The van der Waals surface area contributed by atoms with Gasteiger partial charge in [0.15, 0.2) is 5.58 Å². The molecule has 0 aliphatic rings. The molecule has 2 aromatic heterocycles. The van der Waals surface area contributed by atoms with Crippen molar-refractivity contribution in [3.05, 3.63) is 52.8 Å². The van der Waals surface area contributed by atoms with Crippen LogP contribution in [-0.4, -0.2) is 9.55 Å². The van der Waals surface area contributed by atoms with Crippen LogP contribution in [0.1, 0.15) is 5.56 Å². The van der Waals surface area contributed by atoms with Gasteiger partial charge in [-0.1, -0.05) is 0 Å². The summed E-state index contributed by atoms with van der Waals surface area (Å²) < 4.78 is 6.95. The maximum Gasteiger partial charge on any atom is 0.417 e. The third-order valence-corrected chi connectivity index (χ3v) is 2.81. The van der Waals surface area contributed by atoms with Gasteiger partial charge >= 0.3 is 5.76 Å². The summed E-state index contributed by atoms with van der Waals surface area (Å²) in [6, 6.07) is 7.59. The molecular formula is C13H13N3O2. The summed E-state index contributed by atoms with van der Waals surface area (Å²) in [5.41, 5.74) is 3.44. The van der Waals surface area contributed by atoms with E-state index in [1.165, 1.54) is 5.56 Å². The van der Waals surface area contributed by atoms with Crippen molar-refractivity contribution >= 4 is 16.8 Å². The number of nitrogens with zero attached hydrogens (tertiary/aromatic N) is 1. The molecule has 3 rings (SSSR count). The third kappa shape index (κ3) is 2.02. The zero-order chi connectivity index (χ0) is 12.5. The molecule has 2 N–H and O–H groups in total. The van der Waals surface area contributed by atoms with E-state index in [0.717, 1.165) is 12.2 Å². The van der Waals surface area contributed by atoms with Gasteiger partial charge in [0.25, 0.3) is 0 Å². The highest BCUT2D eigenvalue weighted by Gasteiger charge is 2.02. The van der Waals surface area contributed by atoms with Crippen molar-refractivity contribution in [3.8, 4) is 0 Å². The largest absolute Gasteiger partial charge is 0.417 e. The van der Waals surface area contributed by atoms with Gasteiger partial charge in [-0.25, -0.2) is 4.79 Å². The number of oxazole rings is 1. The highest BCUT2D eigenvalue weighted by atomic mass is 16.4. The van der Waals surface area contributed by atoms with Crippen molar-refractivity contribution in [2.45, 2.75) is 6.54 Å². The molecule has 3 aromatic rings. The fraction of sp³-hybridized carbons (Fsp3) is 0.154. The molecule has 0 aliphatic carbocycles. The Morgan fingerprint density at radius 1 is 1.39 bits per heavy atom. The van der Waals surface area contributed by atoms with Gasteiger partial charge in [-0.05, 0) is 29.8 Å². The highest BCUT2D eigenvalue weighted by molar-refractivity contribution is 5.76. The van der Waals surface area contributed by atoms with Gasteiger partial charge in [0, 0.05) is 31.7 Å². The first-order valence-corrected chi connectivity index (χ1v) is 5.68. The van der Waals surface area contributed by atoms with Crippen LogP contribution < -0.4 is 11.1 Å². The molecular weight excluding hydrogens is 230 g/mol. The Kier molecular flexibility index (Phi) is 2.44. The molecule has 1 aromatic carbocycles. The molecule has 0 radical (unpaired) electrons. The Bertz CT molecular complexity index is 736. The summed E-state index contributed by atoms with van der Waals surface area (Å²) >= 11 is 0. The van der Waals surface area contributed by atoms with E-state index in [4.69, 9.17) is 4.42 Å². The van der Waals surface area contributed by atoms with Gasteiger partial charge in [-0.15, -0.1) is 0 Å². The molecule has 0 saturated carbocycles. The van der Waals surface area contributed by atoms with Crippen LogP contribution in [0.3, 0.4) is 0 Å². The van der Waals surface area contributed by atoms with Crippen LogP contribution in [0.25, 0.3) is 11.1 Å². The lowest BCUT2D eigenvalue weighted by molar-refractivity contribution is 0.555. The second-order valence-electron chi connectivity index (χ2n) is 4.26. The molecule has 0 aliphatic heterocycles. The van der Waals surface area contributed by atoms with Crippen LogP contribution in [0.5, 0.6) is 0 Å². The van der Waals surface area contributed by atoms with Gasteiger partial charge in [0.1, 0.15) is 0 Å². The first-order valence-electron chi connectivity index (χ1n) is 5.68. The van der Waals surface area contributed by atoms with Crippen LogP contribution in [0.2, 0.25) is 0 Å². The summed E-state index contributed by atoms with van der Waals surface area (Å²) in [5, 5.41) is 3.30. The molecule has 2 heterocycles. The number of anilines is 1. The monoisotopic (exact) mass is 243 g/mol. The van der Waals surface area contributed by atoms with E-state index in [1.54, 1.807) is 6.07 Å². The van der Waals surface area contributed by atoms with Crippen molar-refractivity contribution in [1.29, 1.82) is 0 Å². The molecule has 0 saturated heterocycles. The van der Waals surface area contributed by atoms with Crippen LogP contribution >= 0.6 is 0 Å². The van der Waals surface area contributed by atoms with Crippen LogP contribution in [-0.2, 0) is 13.6 Å². The van der Waals surface area contributed by atoms with Gasteiger partial charge in [0.05, 0.1) is 5.52 Å². The van der Waals surface area contributed by atoms with Crippen molar-refractivity contribution in [3.63, 3.8) is 0 Å². The van der Waals surface area contributed by atoms with E-state index in [0.29, 0.717) is 11.1 Å². The van der Waals surface area contributed by atoms with Crippen LogP contribution in [0.4, 0.5) is 5.69 Å². The first kappa shape index (κ1) is 10.7. The SMILES string of the molecule is Cn1ccc(CNc2ccc3oc(=O)[nH]c3c2)c1. The van der Waals surface area contributed by atoms with Crippen molar-refractivity contribution in [2.75, 3.05) is 5.32 Å². The topological polar surface area (TPSA) is 63.0 Å². The Labute approximate surface area is 103 Å². The van der Waals surface area contributed by atoms with E-state index < -0.39 is 5.76 Å². The summed E-state index contributed by atoms with van der Waals surface area (Å²) in [4.78, 5) is 13.7.